The first-order valence-corrected chi connectivity index (χ1v) is 10.7. The summed E-state index contributed by atoms with van der Waals surface area (Å²) in [6, 6.07) is 10.8. The predicted octanol–water partition coefficient (Wildman–Crippen LogP) is 5.46. The fourth-order valence-corrected chi connectivity index (χ4v) is 6.33. The lowest BCUT2D eigenvalue weighted by Gasteiger charge is -2.56. The summed E-state index contributed by atoms with van der Waals surface area (Å²) in [6.07, 6.45) is 8.12. The molecule has 0 unspecified atom stereocenters. The summed E-state index contributed by atoms with van der Waals surface area (Å²) in [5.41, 5.74) is 0.329. The molecule has 0 saturated heterocycles. The van der Waals surface area contributed by atoms with Gasteiger partial charge in [-0.2, -0.15) is 0 Å². The maximum atomic E-state index is 12.6. The molecule has 4 saturated carbocycles. The molecule has 0 radical (unpaired) electrons. The van der Waals surface area contributed by atoms with Gasteiger partial charge in [0.1, 0.15) is 18.1 Å². The Morgan fingerprint density at radius 1 is 1.11 bits per heavy atom. The SMILES string of the molecule is O=C(NCC12CC3CC(CC(C3)C1)C2)c1ccc(COc2cccc(Cl)c2)o1. The van der Waals surface area contributed by atoms with Crippen molar-refractivity contribution in [2.45, 2.75) is 45.1 Å². The fourth-order valence-electron chi connectivity index (χ4n) is 6.15. The van der Waals surface area contributed by atoms with E-state index in [1.165, 1.54) is 38.5 Å². The van der Waals surface area contributed by atoms with Gasteiger partial charge in [0.25, 0.3) is 5.91 Å². The standard InChI is InChI=1S/C23H26ClNO3/c24-18-2-1-3-19(9-18)27-13-20-4-5-21(28-20)22(26)25-14-23-10-15-6-16(11-23)8-17(7-15)12-23/h1-5,9,15-17H,6-8,10-14H2,(H,25,26). The summed E-state index contributed by atoms with van der Waals surface area (Å²) in [4.78, 5) is 12.6. The van der Waals surface area contributed by atoms with Gasteiger partial charge in [-0.15, -0.1) is 0 Å². The zero-order valence-electron chi connectivity index (χ0n) is 16.0. The van der Waals surface area contributed by atoms with Crippen molar-refractivity contribution in [3.05, 3.63) is 52.9 Å². The molecule has 148 valence electrons. The van der Waals surface area contributed by atoms with Gasteiger partial charge in [0.2, 0.25) is 0 Å². The van der Waals surface area contributed by atoms with Gasteiger partial charge in [-0.3, -0.25) is 4.79 Å². The average Bonchev–Trinajstić information content (AvgIpc) is 3.13. The van der Waals surface area contributed by atoms with E-state index >= 15 is 0 Å². The molecular weight excluding hydrogens is 374 g/mol. The van der Waals surface area contributed by atoms with Crippen LogP contribution in [0.1, 0.15) is 54.8 Å². The van der Waals surface area contributed by atoms with Crippen LogP contribution in [0.3, 0.4) is 0 Å². The molecule has 4 aliphatic carbocycles. The number of carbonyl (C=O) groups is 1. The number of nitrogens with one attached hydrogen (secondary N) is 1. The smallest absolute Gasteiger partial charge is 0.287 e. The Kier molecular flexibility index (Phi) is 4.62. The van der Waals surface area contributed by atoms with Crippen molar-refractivity contribution < 1.29 is 13.9 Å². The van der Waals surface area contributed by atoms with Crippen molar-refractivity contribution in [1.82, 2.24) is 5.32 Å². The number of rotatable bonds is 6. The van der Waals surface area contributed by atoms with Crippen molar-refractivity contribution >= 4 is 17.5 Å². The normalized spacial score (nSPS) is 30.4. The molecule has 4 aliphatic rings. The molecule has 28 heavy (non-hydrogen) atoms. The minimum Gasteiger partial charge on any atom is -0.486 e. The number of benzene rings is 1. The number of furan rings is 1. The van der Waals surface area contributed by atoms with Crippen LogP contribution in [0.25, 0.3) is 0 Å². The summed E-state index contributed by atoms with van der Waals surface area (Å²) in [5.74, 6) is 4.21. The maximum absolute atomic E-state index is 12.6. The second-order valence-corrected chi connectivity index (χ2v) is 9.55. The highest BCUT2D eigenvalue weighted by Gasteiger charge is 2.50. The van der Waals surface area contributed by atoms with Crippen LogP contribution >= 0.6 is 11.6 Å². The highest BCUT2D eigenvalue weighted by atomic mass is 35.5. The van der Waals surface area contributed by atoms with Crippen molar-refractivity contribution in [1.29, 1.82) is 0 Å². The number of halogens is 1. The number of carbonyl (C=O) groups excluding carboxylic acids is 1. The summed E-state index contributed by atoms with van der Waals surface area (Å²) in [5, 5.41) is 3.79. The monoisotopic (exact) mass is 399 g/mol. The Morgan fingerprint density at radius 3 is 2.50 bits per heavy atom. The van der Waals surface area contributed by atoms with E-state index in [-0.39, 0.29) is 12.5 Å². The molecule has 1 aromatic carbocycles. The number of hydrogen-bond acceptors (Lipinski definition) is 3. The maximum Gasteiger partial charge on any atom is 0.287 e. The van der Waals surface area contributed by atoms with Crippen LogP contribution in [-0.2, 0) is 6.61 Å². The third-order valence-electron chi connectivity index (χ3n) is 6.85. The molecule has 4 nitrogen and oxygen atoms in total. The lowest BCUT2D eigenvalue weighted by molar-refractivity contribution is -0.0504. The van der Waals surface area contributed by atoms with Gasteiger partial charge >= 0.3 is 0 Å². The van der Waals surface area contributed by atoms with Crippen LogP contribution in [0.4, 0.5) is 0 Å². The molecule has 0 atom stereocenters. The quantitative estimate of drug-likeness (QED) is 0.701. The average molecular weight is 400 g/mol. The molecule has 1 heterocycles. The Balaban J connectivity index is 1.16. The Labute approximate surface area is 170 Å². The van der Waals surface area contributed by atoms with Crippen molar-refractivity contribution in [2.75, 3.05) is 6.54 Å². The summed E-state index contributed by atoms with van der Waals surface area (Å²) in [7, 11) is 0. The molecule has 5 heteroatoms. The fraction of sp³-hybridized carbons (Fsp3) is 0.522. The zero-order chi connectivity index (χ0) is 19.1. The van der Waals surface area contributed by atoms with E-state index in [9.17, 15) is 4.79 Å². The van der Waals surface area contributed by atoms with E-state index in [2.05, 4.69) is 5.32 Å². The molecule has 1 N–H and O–H groups in total. The second-order valence-electron chi connectivity index (χ2n) is 9.11. The third kappa shape index (κ3) is 3.67. The molecule has 1 aromatic heterocycles. The molecule has 0 spiro atoms. The Morgan fingerprint density at radius 2 is 1.82 bits per heavy atom. The first-order valence-electron chi connectivity index (χ1n) is 10.3. The van der Waals surface area contributed by atoms with Gasteiger partial charge in [-0.05, 0) is 92.0 Å². The van der Waals surface area contributed by atoms with Gasteiger partial charge in [0.05, 0.1) is 0 Å². The second kappa shape index (κ2) is 7.14. The van der Waals surface area contributed by atoms with Crippen LogP contribution in [0, 0.1) is 23.2 Å². The van der Waals surface area contributed by atoms with Gasteiger partial charge in [-0.1, -0.05) is 17.7 Å². The van der Waals surface area contributed by atoms with E-state index in [0.29, 0.717) is 27.7 Å². The molecule has 6 rings (SSSR count). The van der Waals surface area contributed by atoms with E-state index in [4.69, 9.17) is 20.8 Å². The predicted molar refractivity (Wildman–Crippen MR) is 107 cm³/mol. The zero-order valence-corrected chi connectivity index (χ0v) is 16.7. The molecule has 4 fully saturated rings. The topological polar surface area (TPSA) is 51.5 Å². The van der Waals surface area contributed by atoms with Crippen LogP contribution in [-0.4, -0.2) is 12.5 Å². The minimum atomic E-state index is -0.121. The minimum absolute atomic E-state index is 0.121. The molecular formula is C23H26ClNO3. The number of hydrogen-bond donors (Lipinski definition) is 1. The first kappa shape index (κ1) is 18.1. The lowest BCUT2D eigenvalue weighted by atomic mass is 9.49. The summed E-state index contributed by atoms with van der Waals surface area (Å²) >= 11 is 5.96. The van der Waals surface area contributed by atoms with Crippen molar-refractivity contribution in [2.24, 2.45) is 23.2 Å². The molecule has 4 bridgehead atoms. The van der Waals surface area contributed by atoms with Gasteiger partial charge in [0.15, 0.2) is 5.76 Å². The van der Waals surface area contributed by atoms with E-state index in [1.807, 2.05) is 12.1 Å². The van der Waals surface area contributed by atoms with Gasteiger partial charge < -0.3 is 14.5 Å². The Hall–Kier alpha value is -1.94. The van der Waals surface area contributed by atoms with E-state index in [0.717, 1.165) is 24.3 Å². The van der Waals surface area contributed by atoms with E-state index in [1.54, 1.807) is 24.3 Å². The highest BCUT2D eigenvalue weighted by molar-refractivity contribution is 6.30. The molecule has 0 aliphatic heterocycles. The van der Waals surface area contributed by atoms with Crippen molar-refractivity contribution in [3.63, 3.8) is 0 Å². The number of amides is 1. The van der Waals surface area contributed by atoms with Gasteiger partial charge in [-0.25, -0.2) is 0 Å². The Bertz CT molecular complexity index is 839. The molecule has 2 aromatic rings. The third-order valence-corrected chi connectivity index (χ3v) is 7.09. The van der Waals surface area contributed by atoms with Crippen molar-refractivity contribution in [3.8, 4) is 5.75 Å². The van der Waals surface area contributed by atoms with Crippen LogP contribution in [0.15, 0.2) is 40.8 Å². The van der Waals surface area contributed by atoms with Crippen LogP contribution < -0.4 is 10.1 Å². The lowest BCUT2D eigenvalue weighted by Crippen LogP contribution is -2.51. The first-order chi connectivity index (χ1) is 13.6. The summed E-state index contributed by atoms with van der Waals surface area (Å²) < 4.78 is 11.4. The van der Waals surface area contributed by atoms with E-state index < -0.39 is 0 Å². The van der Waals surface area contributed by atoms with Crippen LogP contribution in [0.2, 0.25) is 5.02 Å². The highest BCUT2D eigenvalue weighted by Crippen LogP contribution is 2.59. The van der Waals surface area contributed by atoms with Gasteiger partial charge in [0, 0.05) is 11.6 Å². The molecule has 1 amide bonds. The van der Waals surface area contributed by atoms with Crippen LogP contribution in [0.5, 0.6) is 5.75 Å². The summed E-state index contributed by atoms with van der Waals surface area (Å²) in [6.45, 7) is 1.05. The largest absolute Gasteiger partial charge is 0.486 e. The number of ether oxygens (including phenoxy) is 1.